The molecule has 3 aliphatic carbocycles. The summed E-state index contributed by atoms with van der Waals surface area (Å²) in [6.45, 7) is 9.37. The molecule has 10 nitrogen and oxygen atoms in total. The van der Waals surface area contributed by atoms with Crippen molar-refractivity contribution in [3.63, 3.8) is 0 Å². The summed E-state index contributed by atoms with van der Waals surface area (Å²) >= 11 is 3.58. The van der Waals surface area contributed by atoms with Crippen molar-refractivity contribution in [1.82, 2.24) is 15.0 Å². The van der Waals surface area contributed by atoms with E-state index in [4.69, 9.17) is 9.26 Å². The molecular weight excluding hydrogens is 652 g/mol. The van der Waals surface area contributed by atoms with Crippen molar-refractivity contribution in [2.45, 2.75) is 66.5 Å². The third kappa shape index (κ3) is 5.21. The average molecular weight is 692 g/mol. The number of ketones is 3. The highest BCUT2D eigenvalue weighted by Crippen LogP contribution is 2.59. The number of carbonyl (C=O) groups is 4. The lowest BCUT2D eigenvalue weighted by molar-refractivity contribution is -0.140. The molecule has 1 fully saturated rings. The summed E-state index contributed by atoms with van der Waals surface area (Å²) in [4.78, 5) is 63.3. The van der Waals surface area contributed by atoms with Gasteiger partial charge < -0.3 is 14.6 Å². The van der Waals surface area contributed by atoms with Crippen molar-refractivity contribution in [3.05, 3.63) is 68.6 Å². The van der Waals surface area contributed by atoms with E-state index in [1.807, 2.05) is 70.1 Å². The number of ether oxygens (including phenoxy) is 1. The van der Waals surface area contributed by atoms with Gasteiger partial charge in [0, 0.05) is 12.3 Å². The first-order chi connectivity index (χ1) is 21.6. The van der Waals surface area contributed by atoms with Crippen LogP contribution in [0.1, 0.15) is 89.9 Å². The molecule has 0 aliphatic heterocycles. The molecule has 1 amide bonds. The Morgan fingerprint density at radius 2 is 1.85 bits per heavy atom. The number of aromatic nitrogens is 2. The van der Waals surface area contributed by atoms with Crippen molar-refractivity contribution in [2.24, 2.45) is 28.6 Å². The van der Waals surface area contributed by atoms with Crippen LogP contribution in [0, 0.1) is 35.5 Å². The number of nitrogens with zero attached hydrogens (tertiary/aromatic N) is 3. The van der Waals surface area contributed by atoms with Gasteiger partial charge in [-0.25, -0.2) is 4.98 Å². The molecule has 0 saturated heterocycles. The normalized spacial score (nSPS) is 25.5. The van der Waals surface area contributed by atoms with Crippen LogP contribution >= 0.6 is 15.9 Å². The van der Waals surface area contributed by atoms with Crippen LogP contribution in [0.4, 0.5) is 5.82 Å². The Bertz CT molecular complexity index is 1760. The van der Waals surface area contributed by atoms with E-state index in [-0.39, 0.29) is 59.2 Å². The Balaban J connectivity index is 1.45. The zero-order valence-corrected chi connectivity index (χ0v) is 28.8. The van der Waals surface area contributed by atoms with Crippen LogP contribution in [0.5, 0.6) is 5.75 Å². The van der Waals surface area contributed by atoms with Gasteiger partial charge in [-0.1, -0.05) is 56.3 Å². The van der Waals surface area contributed by atoms with Gasteiger partial charge in [-0.2, -0.15) is 0 Å². The van der Waals surface area contributed by atoms with Gasteiger partial charge in [0.2, 0.25) is 5.91 Å². The van der Waals surface area contributed by atoms with E-state index in [9.17, 15) is 19.2 Å². The number of pyridine rings is 1. The predicted octanol–water partition coefficient (Wildman–Crippen LogP) is 6.16. The molecule has 1 aromatic carbocycles. The van der Waals surface area contributed by atoms with Crippen molar-refractivity contribution < 1.29 is 28.4 Å². The van der Waals surface area contributed by atoms with Crippen LogP contribution in [-0.2, 0) is 22.6 Å². The van der Waals surface area contributed by atoms with Gasteiger partial charge in [0.05, 0.1) is 34.2 Å². The van der Waals surface area contributed by atoms with E-state index < -0.39 is 28.8 Å². The number of nitrogens with one attached hydrogen (secondary N) is 1. The van der Waals surface area contributed by atoms with Crippen molar-refractivity contribution in [3.8, 4) is 5.75 Å². The summed E-state index contributed by atoms with van der Waals surface area (Å²) in [7, 11) is 3.79. The number of Topliss-reactive ketones (excluding diaryl/α,β-unsaturated/α-hetero) is 3. The molecule has 1 N–H and O–H groups in total. The third-order valence-electron chi connectivity index (χ3n) is 9.73. The SMILES string of the molecule is Cc1noc2c1C(=O)C1(C)C(=O)C3C(=O)c4c(c(Br)nc(NC(=O)CC(C)(C)C)c4OCc4ccccc4)CC3CC1C2N(C)C. The molecule has 0 spiro atoms. The second kappa shape index (κ2) is 11.5. The Hall–Kier alpha value is -3.70. The first-order valence-electron chi connectivity index (χ1n) is 15.6. The standard InChI is InChI=1S/C35H39BrN4O6/c1-17-23-28(46-39-17)26(40(6)7)21-14-19-13-20-25(27(42)24(19)31(44)35(21,5)30(23)43)29(45-16-18-11-9-8-10-12-18)33(38-32(20)36)37-22(41)15-34(2,3)4/h8-12,19,21,24,26H,13-16H2,1-7H3,(H,37,38,41). The molecule has 2 heterocycles. The maximum atomic E-state index is 14.7. The second-order valence-corrected chi connectivity index (χ2v) is 15.2. The maximum absolute atomic E-state index is 14.7. The van der Waals surface area contributed by atoms with Gasteiger partial charge >= 0.3 is 0 Å². The second-order valence-electron chi connectivity index (χ2n) is 14.5. The van der Waals surface area contributed by atoms with Crippen LogP contribution < -0.4 is 10.1 Å². The number of aryl methyl sites for hydroxylation is 1. The average Bonchev–Trinajstić information content (AvgIpc) is 3.35. The van der Waals surface area contributed by atoms with Crippen LogP contribution in [0.25, 0.3) is 0 Å². The van der Waals surface area contributed by atoms with E-state index in [0.717, 1.165) is 5.56 Å². The van der Waals surface area contributed by atoms with Crippen LogP contribution in [0.2, 0.25) is 0 Å². The Morgan fingerprint density at radius 1 is 1.15 bits per heavy atom. The van der Waals surface area contributed by atoms with E-state index >= 15 is 0 Å². The Kier molecular flexibility index (Phi) is 8.08. The summed E-state index contributed by atoms with van der Waals surface area (Å²) < 4.78 is 12.4. The first-order valence-corrected chi connectivity index (χ1v) is 16.4. The number of fused-ring (bicyclic) bond motifs is 4. The van der Waals surface area contributed by atoms with Crippen LogP contribution in [0.15, 0.2) is 39.5 Å². The molecule has 0 radical (unpaired) electrons. The summed E-state index contributed by atoms with van der Waals surface area (Å²) in [5.41, 5.74) is 0.725. The fraction of sp³-hybridized carbons (Fsp3) is 0.486. The number of halogens is 1. The summed E-state index contributed by atoms with van der Waals surface area (Å²) in [6.07, 6.45) is 1.03. The number of hydrogen-bond acceptors (Lipinski definition) is 9. The fourth-order valence-electron chi connectivity index (χ4n) is 7.63. The molecule has 3 aliphatic rings. The van der Waals surface area contributed by atoms with Crippen LogP contribution in [0.3, 0.4) is 0 Å². The summed E-state index contributed by atoms with van der Waals surface area (Å²) in [6, 6.07) is 9.10. The smallest absolute Gasteiger partial charge is 0.226 e. The minimum atomic E-state index is -1.45. The zero-order valence-electron chi connectivity index (χ0n) is 27.2. The lowest BCUT2D eigenvalue weighted by Gasteiger charge is -2.52. The molecule has 11 heteroatoms. The maximum Gasteiger partial charge on any atom is 0.226 e. The third-order valence-corrected chi connectivity index (χ3v) is 10.4. The minimum Gasteiger partial charge on any atom is -0.484 e. The van der Waals surface area contributed by atoms with Gasteiger partial charge in [0.25, 0.3) is 0 Å². The molecule has 5 unspecified atom stereocenters. The lowest BCUT2D eigenvalue weighted by Crippen LogP contribution is -2.60. The lowest BCUT2D eigenvalue weighted by atomic mass is 9.50. The molecule has 46 heavy (non-hydrogen) atoms. The summed E-state index contributed by atoms with van der Waals surface area (Å²) in [5, 5.41) is 6.96. The highest BCUT2D eigenvalue weighted by molar-refractivity contribution is 9.10. The largest absolute Gasteiger partial charge is 0.484 e. The molecule has 2 aromatic heterocycles. The van der Waals surface area contributed by atoms with E-state index in [0.29, 0.717) is 40.0 Å². The van der Waals surface area contributed by atoms with Crippen molar-refractivity contribution >= 4 is 45.0 Å². The quantitative estimate of drug-likeness (QED) is 0.239. The number of anilines is 1. The van der Waals surface area contributed by atoms with Crippen LogP contribution in [-0.4, -0.2) is 52.4 Å². The number of rotatable bonds is 6. The van der Waals surface area contributed by atoms with Gasteiger partial charge in [0.1, 0.15) is 11.2 Å². The monoisotopic (exact) mass is 690 g/mol. The van der Waals surface area contributed by atoms with E-state index in [1.54, 1.807) is 13.8 Å². The highest BCUT2D eigenvalue weighted by atomic mass is 79.9. The van der Waals surface area contributed by atoms with Gasteiger partial charge in [-0.15, -0.1) is 0 Å². The number of benzene rings is 1. The topological polar surface area (TPSA) is 132 Å². The Labute approximate surface area is 276 Å². The molecular formula is C35H39BrN4O6. The van der Waals surface area contributed by atoms with Crippen molar-refractivity contribution in [2.75, 3.05) is 19.4 Å². The van der Waals surface area contributed by atoms with Gasteiger partial charge in [-0.05, 0) is 79.2 Å². The molecule has 1 saturated carbocycles. The Morgan fingerprint density at radius 3 is 2.50 bits per heavy atom. The number of hydrogen-bond donors (Lipinski definition) is 1. The van der Waals surface area contributed by atoms with Gasteiger partial charge in [-0.3, -0.25) is 24.1 Å². The van der Waals surface area contributed by atoms with Gasteiger partial charge in [0.15, 0.2) is 34.7 Å². The number of amides is 1. The molecule has 3 aromatic rings. The van der Waals surface area contributed by atoms with Crippen molar-refractivity contribution in [1.29, 1.82) is 0 Å². The van der Waals surface area contributed by atoms with E-state index in [2.05, 4.69) is 31.4 Å². The van der Waals surface area contributed by atoms with E-state index in [1.165, 1.54) is 0 Å². The molecule has 6 rings (SSSR count). The summed E-state index contributed by atoms with van der Waals surface area (Å²) in [5.74, 6) is -2.58. The minimum absolute atomic E-state index is 0.112. The first kappa shape index (κ1) is 32.2. The zero-order chi connectivity index (χ0) is 33.3. The molecule has 242 valence electrons. The molecule has 5 atom stereocenters. The fourth-order valence-corrected chi connectivity index (χ4v) is 8.17. The highest BCUT2D eigenvalue weighted by Gasteiger charge is 2.65. The predicted molar refractivity (Wildman–Crippen MR) is 174 cm³/mol. The number of carbonyl (C=O) groups excluding carboxylic acids is 4. The molecule has 0 bridgehead atoms.